The number of amides is 1. The SMILES string of the molecule is Nc1nc(N2CCN(C(=O)COc3ccc(Cl)cc3)C2)c2nc(-c3ccc(CO)cc3)ccc2n1. The number of aromatic nitrogens is 3. The first kappa shape index (κ1) is 22.8. The summed E-state index contributed by atoms with van der Waals surface area (Å²) in [7, 11) is 0. The molecule has 0 spiro atoms. The van der Waals surface area contributed by atoms with Gasteiger partial charge in [-0.05, 0) is 42.0 Å². The molecule has 35 heavy (non-hydrogen) atoms. The third kappa shape index (κ3) is 4.96. The van der Waals surface area contributed by atoms with E-state index in [2.05, 4.69) is 9.97 Å². The Morgan fingerprint density at radius 1 is 1.00 bits per heavy atom. The number of carbonyl (C=O) groups is 1. The average molecular weight is 491 g/mol. The average Bonchev–Trinajstić information content (AvgIpc) is 3.38. The van der Waals surface area contributed by atoms with Crippen molar-refractivity contribution in [1.29, 1.82) is 0 Å². The molecule has 2 aromatic carbocycles. The highest BCUT2D eigenvalue weighted by Crippen LogP contribution is 2.28. The van der Waals surface area contributed by atoms with Crippen LogP contribution in [0.15, 0.2) is 60.7 Å². The number of hydrogen-bond acceptors (Lipinski definition) is 8. The Kier molecular flexibility index (Phi) is 6.35. The smallest absolute Gasteiger partial charge is 0.261 e. The highest BCUT2D eigenvalue weighted by molar-refractivity contribution is 6.30. The number of anilines is 2. The first-order valence-electron chi connectivity index (χ1n) is 11.1. The fraction of sp³-hybridized carbons (Fsp3) is 0.200. The zero-order valence-corrected chi connectivity index (χ0v) is 19.5. The summed E-state index contributed by atoms with van der Waals surface area (Å²) in [6.07, 6.45) is 0. The van der Waals surface area contributed by atoms with Crippen molar-refractivity contribution >= 4 is 40.3 Å². The van der Waals surface area contributed by atoms with Crippen LogP contribution in [-0.2, 0) is 11.4 Å². The van der Waals surface area contributed by atoms with Crippen LogP contribution in [0.2, 0.25) is 5.02 Å². The van der Waals surface area contributed by atoms with Crippen molar-refractivity contribution in [2.45, 2.75) is 6.61 Å². The van der Waals surface area contributed by atoms with Crippen molar-refractivity contribution in [1.82, 2.24) is 19.9 Å². The standard InChI is InChI=1S/C25H23ClN6O3/c26-18-5-7-19(8-6-18)35-14-22(34)31-11-12-32(15-31)24-23-21(29-25(27)30-24)10-9-20(28-23)17-3-1-16(13-33)2-4-17/h1-10,33H,11-15H2,(H2,27,29,30). The molecule has 3 heterocycles. The quantitative estimate of drug-likeness (QED) is 0.423. The van der Waals surface area contributed by atoms with E-state index in [1.165, 1.54) is 0 Å². The number of fused-ring (bicyclic) bond motifs is 1. The summed E-state index contributed by atoms with van der Waals surface area (Å²) in [5, 5.41) is 9.90. The van der Waals surface area contributed by atoms with Gasteiger partial charge in [0.2, 0.25) is 5.95 Å². The lowest BCUT2D eigenvalue weighted by Gasteiger charge is -2.20. The molecule has 0 unspecified atom stereocenters. The number of ether oxygens (including phenoxy) is 1. The number of nitrogens with two attached hydrogens (primary N) is 1. The topological polar surface area (TPSA) is 118 Å². The van der Waals surface area contributed by atoms with Crippen molar-refractivity contribution in [3.63, 3.8) is 0 Å². The molecule has 1 fully saturated rings. The molecule has 0 aliphatic carbocycles. The fourth-order valence-electron chi connectivity index (χ4n) is 3.91. The number of nitrogen functional groups attached to an aromatic ring is 1. The van der Waals surface area contributed by atoms with Crippen LogP contribution in [-0.4, -0.2) is 57.2 Å². The number of pyridine rings is 1. The number of benzene rings is 2. The molecule has 5 rings (SSSR count). The predicted octanol–water partition coefficient (Wildman–Crippen LogP) is 3.10. The molecule has 178 valence electrons. The number of aliphatic hydroxyl groups excluding tert-OH is 1. The van der Waals surface area contributed by atoms with Gasteiger partial charge in [0.05, 0.1) is 24.5 Å². The molecule has 1 aliphatic rings. The molecule has 0 atom stereocenters. The van der Waals surface area contributed by atoms with E-state index in [1.54, 1.807) is 29.2 Å². The fourth-order valence-corrected chi connectivity index (χ4v) is 4.04. The molecule has 3 N–H and O–H groups in total. The van der Waals surface area contributed by atoms with Crippen LogP contribution in [0.3, 0.4) is 0 Å². The number of aliphatic hydroxyl groups is 1. The third-order valence-electron chi connectivity index (χ3n) is 5.78. The van der Waals surface area contributed by atoms with Crippen LogP contribution < -0.4 is 15.4 Å². The Bertz CT molecular complexity index is 1360. The highest BCUT2D eigenvalue weighted by Gasteiger charge is 2.27. The molecule has 4 aromatic rings. The van der Waals surface area contributed by atoms with E-state index in [4.69, 9.17) is 27.1 Å². The summed E-state index contributed by atoms with van der Waals surface area (Å²) in [5.41, 5.74) is 9.69. The predicted molar refractivity (Wildman–Crippen MR) is 134 cm³/mol. The summed E-state index contributed by atoms with van der Waals surface area (Å²) in [5.74, 6) is 1.17. The highest BCUT2D eigenvalue weighted by atomic mass is 35.5. The van der Waals surface area contributed by atoms with Gasteiger partial charge in [-0.15, -0.1) is 0 Å². The Balaban J connectivity index is 1.35. The van der Waals surface area contributed by atoms with Crippen molar-refractivity contribution < 1.29 is 14.6 Å². The Morgan fingerprint density at radius 2 is 1.77 bits per heavy atom. The van der Waals surface area contributed by atoms with E-state index in [0.717, 1.165) is 16.8 Å². The lowest BCUT2D eigenvalue weighted by atomic mass is 10.1. The van der Waals surface area contributed by atoms with Gasteiger partial charge in [0.15, 0.2) is 12.4 Å². The van der Waals surface area contributed by atoms with Crippen LogP contribution in [0.25, 0.3) is 22.3 Å². The molecule has 1 amide bonds. The van der Waals surface area contributed by atoms with Gasteiger partial charge >= 0.3 is 0 Å². The van der Waals surface area contributed by atoms with Gasteiger partial charge in [-0.2, -0.15) is 4.98 Å². The van der Waals surface area contributed by atoms with Crippen molar-refractivity contribution in [2.75, 3.05) is 37.0 Å². The minimum Gasteiger partial charge on any atom is -0.484 e. The summed E-state index contributed by atoms with van der Waals surface area (Å²) in [6.45, 7) is 1.35. The molecule has 2 aromatic heterocycles. The number of rotatable bonds is 6. The molecule has 9 nitrogen and oxygen atoms in total. The number of halogens is 1. The second kappa shape index (κ2) is 9.73. The minimum atomic E-state index is -0.133. The van der Waals surface area contributed by atoms with Crippen LogP contribution in [0.1, 0.15) is 5.56 Å². The molecular formula is C25H23ClN6O3. The molecule has 1 aliphatic heterocycles. The van der Waals surface area contributed by atoms with Crippen LogP contribution >= 0.6 is 11.6 Å². The Morgan fingerprint density at radius 3 is 2.51 bits per heavy atom. The summed E-state index contributed by atoms with van der Waals surface area (Å²) in [6, 6.07) is 18.2. The van der Waals surface area contributed by atoms with Crippen LogP contribution in [0.4, 0.5) is 11.8 Å². The molecule has 1 saturated heterocycles. The van der Waals surface area contributed by atoms with Crippen molar-refractivity contribution in [3.8, 4) is 17.0 Å². The summed E-state index contributed by atoms with van der Waals surface area (Å²) < 4.78 is 5.60. The van der Waals surface area contributed by atoms with E-state index >= 15 is 0 Å². The molecule has 0 saturated carbocycles. The monoisotopic (exact) mass is 490 g/mol. The normalized spacial score (nSPS) is 13.4. The molecule has 10 heteroatoms. The maximum absolute atomic E-state index is 12.7. The second-order valence-corrected chi connectivity index (χ2v) is 8.57. The van der Waals surface area contributed by atoms with Crippen LogP contribution in [0, 0.1) is 0 Å². The van der Waals surface area contributed by atoms with Gasteiger partial charge < -0.3 is 25.4 Å². The lowest BCUT2D eigenvalue weighted by molar-refractivity contribution is -0.132. The van der Waals surface area contributed by atoms with Crippen LogP contribution in [0.5, 0.6) is 5.75 Å². The van der Waals surface area contributed by atoms with Gasteiger partial charge in [-0.1, -0.05) is 35.9 Å². The van der Waals surface area contributed by atoms with Gasteiger partial charge in [-0.25, -0.2) is 9.97 Å². The zero-order valence-electron chi connectivity index (χ0n) is 18.8. The largest absolute Gasteiger partial charge is 0.484 e. The minimum absolute atomic E-state index is 0.0163. The first-order chi connectivity index (χ1) is 17.0. The second-order valence-electron chi connectivity index (χ2n) is 8.13. The Labute approximate surface area is 206 Å². The molecular weight excluding hydrogens is 468 g/mol. The molecule has 0 bridgehead atoms. The third-order valence-corrected chi connectivity index (χ3v) is 6.03. The number of nitrogens with zero attached hydrogens (tertiary/aromatic N) is 5. The van der Waals surface area contributed by atoms with E-state index < -0.39 is 0 Å². The van der Waals surface area contributed by atoms with E-state index in [9.17, 15) is 9.90 Å². The maximum atomic E-state index is 12.7. The van der Waals surface area contributed by atoms with Gasteiger partial charge in [0.1, 0.15) is 11.3 Å². The van der Waals surface area contributed by atoms with E-state index in [-0.39, 0.29) is 25.1 Å². The Hall–Kier alpha value is -3.95. The van der Waals surface area contributed by atoms with Gasteiger partial charge in [0, 0.05) is 23.7 Å². The number of hydrogen-bond donors (Lipinski definition) is 2. The summed E-state index contributed by atoms with van der Waals surface area (Å²) in [4.78, 5) is 30.0. The van der Waals surface area contributed by atoms with Crippen molar-refractivity contribution in [3.05, 3.63) is 71.2 Å². The van der Waals surface area contributed by atoms with Gasteiger partial charge in [0.25, 0.3) is 5.91 Å². The van der Waals surface area contributed by atoms with E-state index in [1.807, 2.05) is 41.3 Å². The van der Waals surface area contributed by atoms with Gasteiger partial charge in [-0.3, -0.25) is 4.79 Å². The summed E-state index contributed by atoms with van der Waals surface area (Å²) >= 11 is 5.89. The maximum Gasteiger partial charge on any atom is 0.261 e. The van der Waals surface area contributed by atoms with E-state index in [0.29, 0.717) is 47.4 Å². The first-order valence-corrected chi connectivity index (χ1v) is 11.4. The van der Waals surface area contributed by atoms with Crippen molar-refractivity contribution in [2.24, 2.45) is 0 Å². The lowest BCUT2D eigenvalue weighted by Crippen LogP contribution is -2.35. The molecule has 0 radical (unpaired) electrons. The zero-order chi connectivity index (χ0) is 24.4. The number of carbonyl (C=O) groups excluding carboxylic acids is 1.